The van der Waals surface area contributed by atoms with Gasteiger partial charge in [0.1, 0.15) is 5.60 Å². The minimum atomic E-state index is -0.642. The number of hydrogen-bond donors (Lipinski definition) is 0. The summed E-state index contributed by atoms with van der Waals surface area (Å²) in [5.74, 6) is 0. The van der Waals surface area contributed by atoms with E-state index in [1.165, 1.54) is 5.57 Å². The SMILES string of the molecule is CC1=CC2(C)OC2(C=O)C=C1C. The Morgan fingerprint density at radius 3 is 2.50 bits per heavy atom. The van der Waals surface area contributed by atoms with Crippen LogP contribution in [0.15, 0.2) is 23.3 Å². The number of epoxide rings is 1. The minimum absolute atomic E-state index is 0.363. The smallest absolute Gasteiger partial charge is 0.175 e. The summed E-state index contributed by atoms with van der Waals surface area (Å²) in [6.07, 6.45) is 4.82. The topological polar surface area (TPSA) is 29.6 Å². The van der Waals surface area contributed by atoms with E-state index >= 15 is 0 Å². The summed E-state index contributed by atoms with van der Waals surface area (Å²) in [7, 11) is 0. The minimum Gasteiger partial charge on any atom is -0.346 e. The van der Waals surface area contributed by atoms with Crippen molar-refractivity contribution < 1.29 is 9.53 Å². The van der Waals surface area contributed by atoms with E-state index < -0.39 is 5.60 Å². The van der Waals surface area contributed by atoms with Crippen LogP contribution in [0.4, 0.5) is 0 Å². The van der Waals surface area contributed by atoms with Crippen molar-refractivity contribution >= 4 is 6.29 Å². The summed E-state index contributed by atoms with van der Waals surface area (Å²) in [6.45, 7) is 5.97. The molecule has 2 unspecified atom stereocenters. The van der Waals surface area contributed by atoms with Gasteiger partial charge < -0.3 is 4.74 Å². The average molecular weight is 164 g/mol. The molecule has 0 N–H and O–H groups in total. The quantitative estimate of drug-likeness (QED) is 0.435. The molecule has 64 valence electrons. The van der Waals surface area contributed by atoms with Crippen molar-refractivity contribution in [3.05, 3.63) is 23.3 Å². The molecule has 12 heavy (non-hydrogen) atoms. The first kappa shape index (κ1) is 7.74. The standard InChI is InChI=1S/C10H12O2/c1-7-4-9(3)10(6-11,12-9)5-8(7)2/h4-6H,1-3H3. The highest BCUT2D eigenvalue weighted by molar-refractivity contribution is 5.77. The molecule has 0 aromatic rings. The van der Waals surface area contributed by atoms with Gasteiger partial charge in [-0.25, -0.2) is 0 Å². The number of fused-ring (bicyclic) bond motifs is 1. The summed E-state index contributed by atoms with van der Waals surface area (Å²) in [6, 6.07) is 0. The van der Waals surface area contributed by atoms with Gasteiger partial charge in [0, 0.05) is 0 Å². The van der Waals surface area contributed by atoms with Crippen molar-refractivity contribution in [2.24, 2.45) is 0 Å². The van der Waals surface area contributed by atoms with Gasteiger partial charge in [0.15, 0.2) is 11.9 Å². The Morgan fingerprint density at radius 1 is 1.33 bits per heavy atom. The second kappa shape index (κ2) is 1.88. The van der Waals surface area contributed by atoms with E-state index in [4.69, 9.17) is 4.74 Å². The third kappa shape index (κ3) is 0.707. The molecule has 0 saturated carbocycles. The van der Waals surface area contributed by atoms with E-state index in [2.05, 4.69) is 0 Å². The summed E-state index contributed by atoms with van der Waals surface area (Å²) < 4.78 is 5.42. The lowest BCUT2D eigenvalue weighted by molar-refractivity contribution is -0.110. The molecule has 0 bridgehead atoms. The van der Waals surface area contributed by atoms with Crippen LogP contribution < -0.4 is 0 Å². The van der Waals surface area contributed by atoms with E-state index in [1.54, 1.807) is 0 Å². The maximum Gasteiger partial charge on any atom is 0.175 e. The van der Waals surface area contributed by atoms with Gasteiger partial charge in [-0.15, -0.1) is 0 Å². The van der Waals surface area contributed by atoms with Crippen LogP contribution in [0.1, 0.15) is 20.8 Å². The molecule has 2 nitrogen and oxygen atoms in total. The van der Waals surface area contributed by atoms with Gasteiger partial charge >= 0.3 is 0 Å². The number of aldehydes is 1. The van der Waals surface area contributed by atoms with Crippen LogP contribution >= 0.6 is 0 Å². The molecule has 0 aromatic carbocycles. The monoisotopic (exact) mass is 164 g/mol. The molecule has 0 amide bonds. The molecule has 1 fully saturated rings. The van der Waals surface area contributed by atoms with Crippen molar-refractivity contribution in [2.75, 3.05) is 0 Å². The van der Waals surface area contributed by atoms with Crippen LogP contribution in [0.5, 0.6) is 0 Å². The molecular formula is C10H12O2. The zero-order valence-electron chi connectivity index (χ0n) is 7.55. The zero-order valence-corrected chi connectivity index (χ0v) is 7.55. The second-order valence-corrected chi connectivity index (χ2v) is 3.77. The average Bonchev–Trinajstić information content (AvgIpc) is 2.57. The lowest BCUT2D eigenvalue weighted by atomic mass is 9.85. The maximum absolute atomic E-state index is 10.8. The first-order valence-corrected chi connectivity index (χ1v) is 4.09. The van der Waals surface area contributed by atoms with Gasteiger partial charge in [-0.05, 0) is 44.1 Å². The Morgan fingerprint density at radius 2 is 1.92 bits per heavy atom. The van der Waals surface area contributed by atoms with Crippen LogP contribution in [-0.4, -0.2) is 17.5 Å². The Labute approximate surface area is 71.9 Å². The molecule has 0 radical (unpaired) electrons. The van der Waals surface area contributed by atoms with Crippen LogP contribution in [-0.2, 0) is 9.53 Å². The van der Waals surface area contributed by atoms with Gasteiger partial charge in [0.25, 0.3) is 0 Å². The third-order valence-electron chi connectivity index (χ3n) is 2.84. The lowest BCUT2D eigenvalue weighted by Crippen LogP contribution is -2.24. The maximum atomic E-state index is 10.8. The summed E-state index contributed by atoms with van der Waals surface area (Å²) in [5.41, 5.74) is 1.33. The first-order chi connectivity index (χ1) is 5.53. The number of carbonyl (C=O) groups excluding carboxylic acids is 1. The van der Waals surface area contributed by atoms with Gasteiger partial charge in [0.2, 0.25) is 0 Å². The van der Waals surface area contributed by atoms with E-state index in [0.717, 1.165) is 11.9 Å². The fourth-order valence-corrected chi connectivity index (χ4v) is 1.78. The number of rotatable bonds is 1. The highest BCUT2D eigenvalue weighted by atomic mass is 16.6. The highest BCUT2D eigenvalue weighted by Crippen LogP contribution is 2.52. The molecule has 1 heterocycles. The van der Waals surface area contributed by atoms with Gasteiger partial charge in [-0.1, -0.05) is 0 Å². The van der Waals surface area contributed by atoms with Crippen molar-refractivity contribution in [3.8, 4) is 0 Å². The number of hydrogen-bond acceptors (Lipinski definition) is 2. The van der Waals surface area contributed by atoms with E-state index in [-0.39, 0.29) is 5.60 Å². The lowest BCUT2D eigenvalue weighted by Gasteiger charge is -2.13. The van der Waals surface area contributed by atoms with Gasteiger partial charge in [0.05, 0.1) is 0 Å². The molecule has 0 spiro atoms. The Hall–Kier alpha value is -0.890. The number of ether oxygens (including phenoxy) is 1. The Bertz CT molecular complexity index is 314. The fourth-order valence-electron chi connectivity index (χ4n) is 1.78. The van der Waals surface area contributed by atoms with E-state index in [9.17, 15) is 4.79 Å². The van der Waals surface area contributed by atoms with Crippen molar-refractivity contribution in [2.45, 2.75) is 32.0 Å². The normalized spacial score (nSPS) is 44.2. The Balaban J connectivity index is 2.46. The predicted octanol–water partition coefficient (Wildman–Crippen LogP) is 1.62. The largest absolute Gasteiger partial charge is 0.346 e. The third-order valence-corrected chi connectivity index (χ3v) is 2.84. The van der Waals surface area contributed by atoms with Gasteiger partial charge in [-0.2, -0.15) is 0 Å². The van der Waals surface area contributed by atoms with Crippen molar-refractivity contribution in [1.82, 2.24) is 0 Å². The molecule has 1 aliphatic carbocycles. The molecule has 2 rings (SSSR count). The number of carbonyl (C=O) groups is 1. The summed E-state index contributed by atoms with van der Waals surface area (Å²) >= 11 is 0. The Kier molecular flexibility index (Phi) is 1.21. The van der Waals surface area contributed by atoms with Gasteiger partial charge in [-0.3, -0.25) is 4.79 Å². The van der Waals surface area contributed by atoms with Crippen LogP contribution in [0.25, 0.3) is 0 Å². The predicted molar refractivity (Wildman–Crippen MR) is 45.8 cm³/mol. The molecule has 1 aliphatic heterocycles. The van der Waals surface area contributed by atoms with Crippen molar-refractivity contribution in [3.63, 3.8) is 0 Å². The van der Waals surface area contributed by atoms with E-state index in [0.29, 0.717) is 0 Å². The molecular weight excluding hydrogens is 152 g/mol. The molecule has 0 aromatic heterocycles. The molecule has 2 atom stereocenters. The van der Waals surface area contributed by atoms with E-state index in [1.807, 2.05) is 32.9 Å². The van der Waals surface area contributed by atoms with Crippen LogP contribution in [0, 0.1) is 0 Å². The highest BCUT2D eigenvalue weighted by Gasteiger charge is 2.66. The summed E-state index contributed by atoms with van der Waals surface area (Å²) in [4.78, 5) is 10.8. The molecule has 1 saturated heterocycles. The van der Waals surface area contributed by atoms with Crippen LogP contribution in [0.2, 0.25) is 0 Å². The zero-order chi connectivity index (χ0) is 8.98. The fraction of sp³-hybridized carbons (Fsp3) is 0.500. The molecule has 2 aliphatic rings. The first-order valence-electron chi connectivity index (χ1n) is 4.09. The van der Waals surface area contributed by atoms with Crippen LogP contribution in [0.3, 0.4) is 0 Å². The number of allylic oxidation sites excluding steroid dienone is 2. The second-order valence-electron chi connectivity index (χ2n) is 3.77. The van der Waals surface area contributed by atoms with Crippen molar-refractivity contribution in [1.29, 1.82) is 0 Å². The molecule has 2 heteroatoms. The summed E-state index contributed by atoms with van der Waals surface area (Å²) in [5, 5.41) is 0.